The van der Waals surface area contributed by atoms with Gasteiger partial charge >= 0.3 is 6.16 Å². The van der Waals surface area contributed by atoms with E-state index < -0.39 is 17.4 Å². The van der Waals surface area contributed by atoms with Gasteiger partial charge in [-0.2, -0.15) is 0 Å². The standard InChI is InChI=1S/C22H31N3O7/c1-21(2,3)30-20(27)31-25-10-8-22(9-11-25)13-16(24-32-22)19(26)23-14-15-6-7-17(28-4)18(12-15)29-5/h6-7,12H,8-11,13-14H2,1-5H3,(H,23,26). The molecule has 176 valence electrons. The van der Waals surface area contributed by atoms with Crippen LogP contribution in [0, 0.1) is 0 Å². The van der Waals surface area contributed by atoms with Crippen LogP contribution in [0.25, 0.3) is 0 Å². The Morgan fingerprint density at radius 3 is 2.47 bits per heavy atom. The number of amides is 1. The number of hydroxylamine groups is 2. The Labute approximate surface area is 187 Å². The van der Waals surface area contributed by atoms with Crippen molar-refractivity contribution in [2.75, 3.05) is 27.3 Å². The first-order chi connectivity index (χ1) is 15.1. The molecule has 1 amide bonds. The van der Waals surface area contributed by atoms with Crippen LogP contribution >= 0.6 is 0 Å². The second-order valence-electron chi connectivity index (χ2n) is 8.85. The molecule has 32 heavy (non-hydrogen) atoms. The van der Waals surface area contributed by atoms with Gasteiger partial charge in [0.2, 0.25) is 0 Å². The number of carbonyl (C=O) groups is 2. The molecule has 0 saturated carbocycles. The smallest absolute Gasteiger partial charge is 0.493 e. The van der Waals surface area contributed by atoms with E-state index >= 15 is 0 Å². The zero-order valence-electron chi connectivity index (χ0n) is 19.2. The van der Waals surface area contributed by atoms with Gasteiger partial charge in [0.25, 0.3) is 5.91 Å². The monoisotopic (exact) mass is 449 g/mol. The zero-order valence-corrected chi connectivity index (χ0v) is 19.2. The van der Waals surface area contributed by atoms with Crippen LogP contribution in [0.4, 0.5) is 4.79 Å². The summed E-state index contributed by atoms with van der Waals surface area (Å²) in [5.74, 6) is 0.948. The molecule has 1 fully saturated rings. The molecule has 10 heteroatoms. The molecule has 0 bridgehead atoms. The maximum absolute atomic E-state index is 12.6. The maximum Gasteiger partial charge on any atom is 0.528 e. The summed E-state index contributed by atoms with van der Waals surface area (Å²) in [6.45, 7) is 6.59. The highest BCUT2D eigenvalue weighted by Crippen LogP contribution is 2.35. The Kier molecular flexibility index (Phi) is 7.12. The van der Waals surface area contributed by atoms with Crippen LogP contribution < -0.4 is 14.8 Å². The predicted octanol–water partition coefficient (Wildman–Crippen LogP) is 2.80. The van der Waals surface area contributed by atoms with Crippen molar-refractivity contribution in [3.05, 3.63) is 23.8 Å². The molecule has 2 aliphatic rings. The molecule has 0 unspecified atom stereocenters. The number of methoxy groups -OCH3 is 2. The molecule has 0 atom stereocenters. The fourth-order valence-electron chi connectivity index (χ4n) is 3.55. The van der Waals surface area contributed by atoms with E-state index in [9.17, 15) is 9.59 Å². The van der Waals surface area contributed by atoms with Gasteiger partial charge in [-0.1, -0.05) is 11.2 Å². The zero-order chi connectivity index (χ0) is 23.4. The Hall–Kier alpha value is -3.01. The van der Waals surface area contributed by atoms with E-state index in [1.165, 1.54) is 0 Å². The van der Waals surface area contributed by atoms with Gasteiger partial charge in [-0.3, -0.25) is 4.79 Å². The summed E-state index contributed by atoms with van der Waals surface area (Å²) in [6.07, 6.45) is 0.829. The van der Waals surface area contributed by atoms with Crippen LogP contribution in [0.3, 0.4) is 0 Å². The molecule has 3 rings (SSSR count). The highest BCUT2D eigenvalue weighted by atomic mass is 16.8. The van der Waals surface area contributed by atoms with E-state index in [4.69, 9.17) is 23.9 Å². The van der Waals surface area contributed by atoms with Gasteiger partial charge in [0.05, 0.1) is 14.2 Å². The largest absolute Gasteiger partial charge is 0.528 e. The van der Waals surface area contributed by atoms with E-state index in [-0.39, 0.29) is 5.91 Å². The van der Waals surface area contributed by atoms with Crippen molar-refractivity contribution in [3.63, 3.8) is 0 Å². The second kappa shape index (κ2) is 9.64. The quantitative estimate of drug-likeness (QED) is 0.661. The van der Waals surface area contributed by atoms with Crippen molar-refractivity contribution >= 4 is 17.8 Å². The first kappa shape index (κ1) is 23.6. The molecule has 1 aromatic rings. The van der Waals surface area contributed by atoms with Crippen LogP contribution in [0.15, 0.2) is 23.4 Å². The molecule has 1 N–H and O–H groups in total. The molecule has 0 aromatic heterocycles. The molecule has 1 saturated heterocycles. The van der Waals surface area contributed by atoms with Crippen molar-refractivity contribution in [2.24, 2.45) is 5.16 Å². The van der Waals surface area contributed by atoms with Gasteiger partial charge in [-0.15, -0.1) is 5.06 Å². The van der Waals surface area contributed by atoms with Gasteiger partial charge in [-0.05, 0) is 38.5 Å². The molecule has 2 aliphatic heterocycles. The Morgan fingerprint density at radius 1 is 1.16 bits per heavy atom. The van der Waals surface area contributed by atoms with Gasteiger partial charge in [0.1, 0.15) is 16.9 Å². The second-order valence-corrected chi connectivity index (χ2v) is 8.85. The predicted molar refractivity (Wildman–Crippen MR) is 115 cm³/mol. The van der Waals surface area contributed by atoms with Gasteiger partial charge < -0.3 is 29.2 Å². The molecule has 1 aromatic carbocycles. The van der Waals surface area contributed by atoms with Crippen molar-refractivity contribution in [3.8, 4) is 11.5 Å². The Balaban J connectivity index is 1.46. The summed E-state index contributed by atoms with van der Waals surface area (Å²) in [7, 11) is 3.13. The molecular weight excluding hydrogens is 418 g/mol. The molecule has 0 aliphatic carbocycles. The van der Waals surface area contributed by atoms with Crippen molar-refractivity contribution < 1.29 is 33.5 Å². The molecule has 1 spiro atoms. The van der Waals surface area contributed by atoms with Crippen LogP contribution in [0.5, 0.6) is 11.5 Å². The summed E-state index contributed by atoms with van der Waals surface area (Å²) in [5, 5.41) is 8.45. The number of rotatable bonds is 6. The number of oxime groups is 1. The van der Waals surface area contributed by atoms with E-state index in [2.05, 4.69) is 10.5 Å². The minimum Gasteiger partial charge on any atom is -0.493 e. The molecule has 2 heterocycles. The lowest BCUT2D eigenvalue weighted by molar-refractivity contribution is -0.180. The number of hydrogen-bond donors (Lipinski definition) is 1. The van der Waals surface area contributed by atoms with Gasteiger partial charge in [-0.25, -0.2) is 4.79 Å². The number of hydrogen-bond acceptors (Lipinski definition) is 9. The minimum atomic E-state index is -0.729. The third-order valence-electron chi connectivity index (χ3n) is 5.23. The highest BCUT2D eigenvalue weighted by Gasteiger charge is 2.44. The topological polar surface area (TPSA) is 108 Å². The molecule has 0 radical (unpaired) electrons. The van der Waals surface area contributed by atoms with Crippen LogP contribution in [0.2, 0.25) is 0 Å². The third kappa shape index (κ3) is 6.03. The van der Waals surface area contributed by atoms with E-state index in [0.29, 0.717) is 56.1 Å². The number of nitrogens with zero attached hydrogens (tertiary/aromatic N) is 2. The normalized spacial score (nSPS) is 17.8. The lowest BCUT2D eigenvalue weighted by Crippen LogP contribution is -2.46. The van der Waals surface area contributed by atoms with E-state index in [1.54, 1.807) is 46.1 Å². The molecule has 10 nitrogen and oxygen atoms in total. The lowest BCUT2D eigenvalue weighted by atomic mass is 9.87. The fourth-order valence-corrected chi connectivity index (χ4v) is 3.55. The average Bonchev–Trinajstić information content (AvgIpc) is 3.16. The number of nitrogens with one attached hydrogen (secondary N) is 1. The Bertz CT molecular complexity index is 871. The van der Waals surface area contributed by atoms with Crippen molar-refractivity contribution in [1.82, 2.24) is 10.4 Å². The van der Waals surface area contributed by atoms with E-state index in [0.717, 1.165) is 5.56 Å². The van der Waals surface area contributed by atoms with E-state index in [1.807, 2.05) is 12.1 Å². The summed E-state index contributed by atoms with van der Waals surface area (Å²) in [6, 6.07) is 5.46. The number of ether oxygens (including phenoxy) is 3. The van der Waals surface area contributed by atoms with Crippen molar-refractivity contribution in [1.29, 1.82) is 0 Å². The van der Waals surface area contributed by atoms with Crippen LogP contribution in [0.1, 0.15) is 45.6 Å². The maximum atomic E-state index is 12.6. The first-order valence-corrected chi connectivity index (χ1v) is 10.5. The summed E-state index contributed by atoms with van der Waals surface area (Å²) in [5.41, 5.74) is 0.0595. The van der Waals surface area contributed by atoms with Crippen molar-refractivity contribution in [2.45, 2.75) is 57.8 Å². The summed E-state index contributed by atoms with van der Waals surface area (Å²) >= 11 is 0. The van der Waals surface area contributed by atoms with Gasteiger partial charge in [0.15, 0.2) is 11.5 Å². The third-order valence-corrected chi connectivity index (χ3v) is 5.23. The van der Waals surface area contributed by atoms with Gasteiger partial charge in [0, 0.05) is 38.9 Å². The summed E-state index contributed by atoms with van der Waals surface area (Å²) < 4.78 is 15.7. The number of benzene rings is 1. The SMILES string of the molecule is COc1ccc(CNC(=O)C2=NOC3(CCN(OC(=O)OC(C)(C)C)CC3)C2)cc1OC. The average molecular weight is 450 g/mol. The fraction of sp³-hybridized carbons (Fsp3) is 0.591. The van der Waals surface area contributed by atoms with Crippen LogP contribution in [-0.2, 0) is 25.8 Å². The summed E-state index contributed by atoms with van der Waals surface area (Å²) in [4.78, 5) is 35.3. The lowest BCUT2D eigenvalue weighted by Gasteiger charge is -2.35. The minimum absolute atomic E-state index is 0.274. The first-order valence-electron chi connectivity index (χ1n) is 10.5. The highest BCUT2D eigenvalue weighted by molar-refractivity contribution is 6.39. The van der Waals surface area contributed by atoms with Crippen LogP contribution in [-0.4, -0.2) is 61.3 Å². The number of piperidine rings is 1. The Morgan fingerprint density at radius 2 is 1.84 bits per heavy atom. The number of carbonyl (C=O) groups excluding carboxylic acids is 2. The molecular formula is C22H31N3O7.